The number of para-hydroxylation sites is 1. The van der Waals surface area contributed by atoms with Crippen molar-refractivity contribution in [2.75, 3.05) is 13.1 Å². The summed E-state index contributed by atoms with van der Waals surface area (Å²) in [4.78, 5) is 69.4. The molecule has 1 aromatic heterocycles. The first-order chi connectivity index (χ1) is 25.3. The number of phenolic OH excluding ortho intramolecular Hbond substituents is 1. The molecule has 1 fully saturated rings. The average Bonchev–Trinajstić information content (AvgIpc) is 3.45. The minimum absolute atomic E-state index is 0.00474. The summed E-state index contributed by atoms with van der Waals surface area (Å²) < 4.78 is 11.8. The standard InChI is InChI=1S/C38H57N5O10/c1-5-6-7-8-9-10-11-22-31(38(3,4)37(49)40-28-19-15-17-24-43(51)35(28)47)53-36(48)29(20-14-16-23-42(50)25-44)39-33(46)32-26(2)52-34(41-32)27-18-12-13-21-30(27)45/h12-13,18,21,25,28-29,31,45,50-51H,5-11,14-17,19-20,22-24H2,1-4H3,(H,39,46)(H,40,49). The molecule has 0 aliphatic carbocycles. The number of benzene rings is 1. The third kappa shape index (κ3) is 12.8. The monoisotopic (exact) mass is 743 g/mol. The van der Waals surface area contributed by atoms with Crippen LogP contribution in [0.4, 0.5) is 0 Å². The number of hydroxylamine groups is 4. The number of amides is 4. The van der Waals surface area contributed by atoms with Gasteiger partial charge in [-0.15, -0.1) is 0 Å². The summed E-state index contributed by atoms with van der Waals surface area (Å²) in [5, 5.41) is 36.5. The minimum Gasteiger partial charge on any atom is -0.507 e. The molecule has 0 spiro atoms. The minimum atomic E-state index is -1.31. The van der Waals surface area contributed by atoms with Gasteiger partial charge in [-0.1, -0.05) is 57.6 Å². The first kappa shape index (κ1) is 42.9. The largest absolute Gasteiger partial charge is 0.507 e. The molecular weight excluding hydrogens is 686 g/mol. The normalized spacial score (nSPS) is 16.0. The molecule has 1 aliphatic rings. The van der Waals surface area contributed by atoms with Crippen molar-refractivity contribution in [1.29, 1.82) is 0 Å². The fraction of sp³-hybridized carbons (Fsp3) is 0.632. The summed E-state index contributed by atoms with van der Waals surface area (Å²) in [7, 11) is 0. The molecule has 0 radical (unpaired) electrons. The Labute approximate surface area is 311 Å². The predicted octanol–water partition coefficient (Wildman–Crippen LogP) is 5.44. The summed E-state index contributed by atoms with van der Waals surface area (Å²) in [5.74, 6) is -2.56. The van der Waals surface area contributed by atoms with Gasteiger partial charge in [0, 0.05) is 13.1 Å². The maximum Gasteiger partial charge on any atom is 0.328 e. The second kappa shape index (κ2) is 21.3. The Morgan fingerprint density at radius 3 is 2.45 bits per heavy atom. The van der Waals surface area contributed by atoms with E-state index >= 15 is 0 Å². The molecule has 15 heteroatoms. The highest BCUT2D eigenvalue weighted by atomic mass is 16.5. The van der Waals surface area contributed by atoms with E-state index in [1.54, 1.807) is 32.0 Å². The lowest BCUT2D eigenvalue weighted by atomic mass is 9.82. The number of aryl methyl sites for hydroxylation is 1. The van der Waals surface area contributed by atoms with Gasteiger partial charge in [-0.25, -0.2) is 19.9 Å². The molecule has 2 aromatic rings. The average molecular weight is 744 g/mol. The van der Waals surface area contributed by atoms with E-state index in [1.165, 1.54) is 13.0 Å². The lowest BCUT2D eigenvalue weighted by Gasteiger charge is -2.35. The van der Waals surface area contributed by atoms with E-state index in [0.717, 1.165) is 38.5 Å². The molecule has 294 valence electrons. The van der Waals surface area contributed by atoms with E-state index in [0.29, 0.717) is 55.1 Å². The summed E-state index contributed by atoms with van der Waals surface area (Å²) in [6, 6.07) is 4.22. The molecule has 3 rings (SSSR count). The molecule has 15 nitrogen and oxygen atoms in total. The van der Waals surface area contributed by atoms with Crippen LogP contribution in [0.5, 0.6) is 5.75 Å². The third-order valence-corrected chi connectivity index (χ3v) is 9.68. The number of phenols is 1. The molecular formula is C38H57N5O10. The number of unbranched alkanes of at least 4 members (excludes halogenated alkanes) is 7. The van der Waals surface area contributed by atoms with Crippen LogP contribution in [0.3, 0.4) is 0 Å². The van der Waals surface area contributed by atoms with Crippen LogP contribution in [0, 0.1) is 12.3 Å². The van der Waals surface area contributed by atoms with E-state index in [4.69, 9.17) is 9.15 Å². The van der Waals surface area contributed by atoms with Crippen molar-refractivity contribution in [2.24, 2.45) is 5.41 Å². The van der Waals surface area contributed by atoms with E-state index in [9.17, 15) is 39.5 Å². The van der Waals surface area contributed by atoms with E-state index in [2.05, 4.69) is 22.5 Å². The van der Waals surface area contributed by atoms with Crippen molar-refractivity contribution >= 4 is 30.1 Å². The Hall–Kier alpha value is -4.50. The summed E-state index contributed by atoms with van der Waals surface area (Å²) in [6.07, 6.45) is 8.91. The molecule has 1 aromatic carbocycles. The van der Waals surface area contributed by atoms with Gasteiger partial charge in [0.05, 0.1) is 11.0 Å². The lowest BCUT2D eigenvalue weighted by Crippen LogP contribution is -2.54. The van der Waals surface area contributed by atoms with Gasteiger partial charge in [0.15, 0.2) is 5.69 Å². The van der Waals surface area contributed by atoms with Crippen LogP contribution < -0.4 is 10.6 Å². The molecule has 2 heterocycles. The number of oxazole rings is 1. The Bertz CT molecular complexity index is 1510. The van der Waals surface area contributed by atoms with E-state index in [-0.39, 0.29) is 54.6 Å². The van der Waals surface area contributed by atoms with Crippen LogP contribution in [0.25, 0.3) is 11.5 Å². The van der Waals surface area contributed by atoms with Crippen molar-refractivity contribution in [3.05, 3.63) is 35.7 Å². The molecule has 3 atom stereocenters. The van der Waals surface area contributed by atoms with E-state index in [1.807, 2.05) is 0 Å². The maximum absolute atomic E-state index is 14.0. The second-order valence-electron chi connectivity index (χ2n) is 14.3. The molecule has 1 aliphatic heterocycles. The number of hydrogen-bond donors (Lipinski definition) is 5. The molecule has 4 amide bonds. The van der Waals surface area contributed by atoms with Crippen molar-refractivity contribution in [3.8, 4) is 17.2 Å². The first-order valence-electron chi connectivity index (χ1n) is 18.8. The van der Waals surface area contributed by atoms with Crippen LogP contribution in [0.2, 0.25) is 0 Å². The van der Waals surface area contributed by atoms with Crippen LogP contribution in [0.1, 0.15) is 127 Å². The van der Waals surface area contributed by atoms with Gasteiger partial charge >= 0.3 is 5.97 Å². The highest BCUT2D eigenvalue weighted by molar-refractivity contribution is 5.96. The van der Waals surface area contributed by atoms with Gasteiger partial charge in [0.2, 0.25) is 18.2 Å². The topological polar surface area (TPSA) is 212 Å². The Morgan fingerprint density at radius 2 is 1.75 bits per heavy atom. The van der Waals surface area contributed by atoms with Gasteiger partial charge in [0.1, 0.15) is 29.7 Å². The predicted molar refractivity (Wildman–Crippen MR) is 194 cm³/mol. The fourth-order valence-electron chi connectivity index (χ4n) is 6.25. The van der Waals surface area contributed by atoms with Gasteiger partial charge < -0.3 is 24.9 Å². The van der Waals surface area contributed by atoms with Crippen molar-refractivity contribution in [1.82, 2.24) is 25.7 Å². The number of esters is 1. The zero-order valence-corrected chi connectivity index (χ0v) is 31.5. The van der Waals surface area contributed by atoms with Gasteiger partial charge in [-0.05, 0) is 84.3 Å². The zero-order chi connectivity index (χ0) is 39.0. The number of nitrogens with zero attached hydrogens (tertiary/aromatic N) is 3. The van der Waals surface area contributed by atoms with Gasteiger partial charge in [0.25, 0.3) is 11.8 Å². The van der Waals surface area contributed by atoms with Gasteiger partial charge in [-0.2, -0.15) is 0 Å². The number of nitrogens with one attached hydrogen (secondary N) is 2. The van der Waals surface area contributed by atoms with Crippen LogP contribution in [-0.2, 0) is 23.9 Å². The summed E-state index contributed by atoms with van der Waals surface area (Å²) in [6.45, 7) is 7.14. The second-order valence-corrected chi connectivity index (χ2v) is 14.3. The van der Waals surface area contributed by atoms with Crippen molar-refractivity contribution in [3.63, 3.8) is 0 Å². The molecule has 1 saturated heterocycles. The first-order valence-corrected chi connectivity index (χ1v) is 18.8. The van der Waals surface area contributed by atoms with Crippen molar-refractivity contribution in [2.45, 2.75) is 136 Å². The lowest BCUT2D eigenvalue weighted by molar-refractivity contribution is -0.169. The quantitative estimate of drug-likeness (QED) is 0.0337. The Balaban J connectivity index is 1.83. The number of ether oxygens (including phenoxy) is 1. The molecule has 3 unspecified atom stereocenters. The van der Waals surface area contributed by atoms with Crippen LogP contribution in [-0.4, -0.2) is 92.0 Å². The van der Waals surface area contributed by atoms with Crippen LogP contribution in [0.15, 0.2) is 28.7 Å². The fourth-order valence-corrected chi connectivity index (χ4v) is 6.25. The highest BCUT2D eigenvalue weighted by Gasteiger charge is 2.42. The summed E-state index contributed by atoms with van der Waals surface area (Å²) >= 11 is 0. The smallest absolute Gasteiger partial charge is 0.328 e. The Morgan fingerprint density at radius 1 is 1.08 bits per heavy atom. The van der Waals surface area contributed by atoms with Crippen molar-refractivity contribution < 1.29 is 48.6 Å². The SMILES string of the molecule is CCCCCCCCCC(OC(=O)C(CCCCN(O)C=O)NC(=O)c1nc(-c2ccccc2O)oc1C)C(C)(C)C(=O)NC1CCCCN(O)C1=O. The molecule has 53 heavy (non-hydrogen) atoms. The Kier molecular flexibility index (Phi) is 17.2. The molecule has 5 N–H and O–H groups in total. The summed E-state index contributed by atoms with van der Waals surface area (Å²) in [5.41, 5.74) is -1.13. The van der Waals surface area contributed by atoms with Crippen LogP contribution >= 0.6 is 0 Å². The maximum atomic E-state index is 14.0. The number of aromatic hydroxyl groups is 1. The number of rotatable bonds is 22. The third-order valence-electron chi connectivity index (χ3n) is 9.68. The van der Waals surface area contributed by atoms with Gasteiger partial charge in [-0.3, -0.25) is 29.6 Å². The number of aromatic nitrogens is 1. The molecule has 0 saturated carbocycles. The number of carbonyl (C=O) groups excluding carboxylic acids is 5. The van der Waals surface area contributed by atoms with E-state index < -0.39 is 47.3 Å². The zero-order valence-electron chi connectivity index (χ0n) is 31.5. The number of carbonyl (C=O) groups is 5. The number of hydrogen-bond acceptors (Lipinski definition) is 11. The molecule has 0 bridgehead atoms. The highest BCUT2D eigenvalue weighted by Crippen LogP contribution is 2.31.